The van der Waals surface area contributed by atoms with Crippen molar-refractivity contribution in [3.63, 3.8) is 0 Å². The smallest absolute Gasteiger partial charge is 0.252 e. The van der Waals surface area contributed by atoms with Crippen LogP contribution in [0.3, 0.4) is 0 Å². The summed E-state index contributed by atoms with van der Waals surface area (Å²) < 4.78 is 10.4. The van der Waals surface area contributed by atoms with Crippen molar-refractivity contribution in [3.05, 3.63) is 23.8 Å². The Balaban J connectivity index is 2.97. The number of ether oxygens (including phenoxy) is 2. The second-order valence-electron chi connectivity index (χ2n) is 5.92. The number of carbonyl (C=O) groups excluding carboxylic acids is 1. The van der Waals surface area contributed by atoms with Crippen molar-refractivity contribution in [3.8, 4) is 11.5 Å². The van der Waals surface area contributed by atoms with Gasteiger partial charge in [-0.15, -0.1) is 0 Å². The van der Waals surface area contributed by atoms with Crippen LogP contribution in [0.25, 0.3) is 0 Å². The molecule has 1 amide bonds. The van der Waals surface area contributed by atoms with Crippen molar-refractivity contribution in [2.45, 2.75) is 32.7 Å². The quantitative estimate of drug-likeness (QED) is 0.808. The van der Waals surface area contributed by atoms with Crippen molar-refractivity contribution in [1.82, 2.24) is 5.32 Å². The highest BCUT2D eigenvalue weighted by atomic mass is 16.5. The van der Waals surface area contributed by atoms with Gasteiger partial charge in [-0.2, -0.15) is 0 Å². The van der Waals surface area contributed by atoms with E-state index in [1.54, 1.807) is 32.4 Å². The van der Waals surface area contributed by atoms with E-state index in [2.05, 4.69) is 19.2 Å². The van der Waals surface area contributed by atoms with E-state index in [0.29, 0.717) is 29.5 Å². The molecular weight excluding hydrogens is 268 g/mol. The Hall–Kier alpha value is -1.75. The lowest BCUT2D eigenvalue weighted by Crippen LogP contribution is -2.52. The van der Waals surface area contributed by atoms with E-state index in [-0.39, 0.29) is 5.91 Å². The molecule has 0 aromatic heterocycles. The molecule has 1 atom stereocenters. The van der Waals surface area contributed by atoms with Crippen LogP contribution in [0.5, 0.6) is 11.5 Å². The van der Waals surface area contributed by atoms with Gasteiger partial charge in [0.2, 0.25) is 0 Å². The predicted molar refractivity (Wildman–Crippen MR) is 83.9 cm³/mol. The molecule has 0 aliphatic rings. The minimum absolute atomic E-state index is 0.180. The highest BCUT2D eigenvalue weighted by Crippen LogP contribution is 2.23. The van der Waals surface area contributed by atoms with Crippen LogP contribution < -0.4 is 20.5 Å². The monoisotopic (exact) mass is 294 g/mol. The molecule has 21 heavy (non-hydrogen) atoms. The maximum absolute atomic E-state index is 12.5. The lowest BCUT2D eigenvalue weighted by molar-refractivity contribution is 0.0897. The van der Waals surface area contributed by atoms with Gasteiger partial charge in [0.05, 0.1) is 14.2 Å². The molecule has 0 heterocycles. The minimum atomic E-state index is -0.429. The van der Waals surface area contributed by atoms with Gasteiger partial charge < -0.3 is 20.5 Å². The van der Waals surface area contributed by atoms with E-state index in [1.165, 1.54) is 0 Å². The molecule has 1 unspecified atom stereocenters. The number of hydrogen-bond acceptors (Lipinski definition) is 4. The summed E-state index contributed by atoms with van der Waals surface area (Å²) in [5, 5.41) is 3.02. The van der Waals surface area contributed by atoms with Crippen molar-refractivity contribution in [2.24, 2.45) is 11.7 Å². The number of nitrogens with one attached hydrogen (secondary N) is 1. The number of methoxy groups -OCH3 is 2. The summed E-state index contributed by atoms with van der Waals surface area (Å²) in [6.45, 7) is 6.56. The van der Waals surface area contributed by atoms with E-state index in [0.717, 1.165) is 6.42 Å². The second-order valence-corrected chi connectivity index (χ2v) is 5.92. The SMILES string of the molecule is COc1cc(OC)cc(C(=O)NC(C)(CN)CC(C)C)c1. The van der Waals surface area contributed by atoms with Crippen LogP contribution in [0.4, 0.5) is 0 Å². The summed E-state index contributed by atoms with van der Waals surface area (Å²) in [4.78, 5) is 12.5. The van der Waals surface area contributed by atoms with Crippen LogP contribution in [0.15, 0.2) is 18.2 Å². The average Bonchev–Trinajstić information content (AvgIpc) is 2.45. The highest BCUT2D eigenvalue weighted by Gasteiger charge is 2.26. The van der Waals surface area contributed by atoms with Gasteiger partial charge in [0.25, 0.3) is 5.91 Å². The first-order chi connectivity index (χ1) is 9.83. The Labute approximate surface area is 126 Å². The first-order valence-corrected chi connectivity index (χ1v) is 7.09. The Kier molecular flexibility index (Phi) is 6.03. The Bertz CT molecular complexity index is 466. The van der Waals surface area contributed by atoms with Crippen LogP contribution in [0, 0.1) is 5.92 Å². The van der Waals surface area contributed by atoms with Gasteiger partial charge in [-0.3, -0.25) is 4.79 Å². The Morgan fingerprint density at radius 1 is 1.24 bits per heavy atom. The molecule has 0 saturated heterocycles. The van der Waals surface area contributed by atoms with Crippen molar-refractivity contribution in [2.75, 3.05) is 20.8 Å². The van der Waals surface area contributed by atoms with Crippen LogP contribution in [-0.2, 0) is 0 Å². The molecule has 1 aromatic carbocycles. The summed E-state index contributed by atoms with van der Waals surface area (Å²) in [7, 11) is 3.11. The van der Waals surface area contributed by atoms with E-state index >= 15 is 0 Å². The summed E-state index contributed by atoms with van der Waals surface area (Å²) in [6.07, 6.45) is 0.816. The number of hydrogen-bond donors (Lipinski definition) is 2. The van der Waals surface area contributed by atoms with E-state index < -0.39 is 5.54 Å². The molecule has 0 saturated carbocycles. The molecule has 5 heteroatoms. The molecule has 0 fully saturated rings. The highest BCUT2D eigenvalue weighted by molar-refractivity contribution is 5.95. The average molecular weight is 294 g/mol. The molecule has 1 rings (SSSR count). The fourth-order valence-electron chi connectivity index (χ4n) is 2.37. The molecule has 0 spiro atoms. The Morgan fingerprint density at radius 2 is 1.76 bits per heavy atom. The van der Waals surface area contributed by atoms with Gasteiger partial charge in [0, 0.05) is 23.7 Å². The van der Waals surface area contributed by atoms with Crippen LogP contribution >= 0.6 is 0 Å². The molecule has 3 N–H and O–H groups in total. The predicted octanol–water partition coefficient (Wildman–Crippen LogP) is 2.20. The van der Waals surface area contributed by atoms with Gasteiger partial charge in [-0.25, -0.2) is 0 Å². The van der Waals surface area contributed by atoms with E-state index in [1.807, 2.05) is 6.92 Å². The third-order valence-electron chi connectivity index (χ3n) is 3.34. The summed E-state index contributed by atoms with van der Waals surface area (Å²) >= 11 is 0. The van der Waals surface area contributed by atoms with E-state index in [4.69, 9.17) is 15.2 Å². The molecule has 118 valence electrons. The van der Waals surface area contributed by atoms with Crippen LogP contribution in [-0.4, -0.2) is 32.2 Å². The molecule has 0 aliphatic carbocycles. The molecule has 0 radical (unpaired) electrons. The third kappa shape index (κ3) is 4.93. The molecule has 0 aliphatic heterocycles. The first-order valence-electron chi connectivity index (χ1n) is 7.09. The largest absolute Gasteiger partial charge is 0.497 e. The zero-order chi connectivity index (χ0) is 16.0. The normalized spacial score (nSPS) is 13.7. The van der Waals surface area contributed by atoms with Crippen molar-refractivity contribution < 1.29 is 14.3 Å². The van der Waals surface area contributed by atoms with Crippen molar-refractivity contribution in [1.29, 1.82) is 0 Å². The van der Waals surface area contributed by atoms with E-state index in [9.17, 15) is 4.79 Å². The summed E-state index contributed by atoms with van der Waals surface area (Å²) in [5.74, 6) is 1.43. The lowest BCUT2D eigenvalue weighted by Gasteiger charge is -2.31. The number of carbonyl (C=O) groups is 1. The second kappa shape index (κ2) is 7.31. The fraction of sp³-hybridized carbons (Fsp3) is 0.562. The van der Waals surface area contributed by atoms with Gasteiger partial charge >= 0.3 is 0 Å². The number of benzene rings is 1. The zero-order valence-corrected chi connectivity index (χ0v) is 13.5. The standard InChI is InChI=1S/C16H26N2O3/c1-11(2)9-16(3,10-17)18-15(19)12-6-13(20-4)8-14(7-12)21-5/h6-8,11H,9-10,17H2,1-5H3,(H,18,19). The van der Waals surface area contributed by atoms with Gasteiger partial charge in [0.15, 0.2) is 0 Å². The maximum Gasteiger partial charge on any atom is 0.252 e. The molecular formula is C16H26N2O3. The Morgan fingerprint density at radius 3 is 2.14 bits per heavy atom. The van der Waals surface area contributed by atoms with Crippen LogP contribution in [0.2, 0.25) is 0 Å². The lowest BCUT2D eigenvalue weighted by atomic mass is 9.90. The number of amides is 1. The number of rotatable bonds is 7. The number of nitrogens with two attached hydrogens (primary N) is 1. The third-order valence-corrected chi connectivity index (χ3v) is 3.34. The minimum Gasteiger partial charge on any atom is -0.497 e. The molecule has 1 aromatic rings. The molecule has 5 nitrogen and oxygen atoms in total. The van der Waals surface area contributed by atoms with Crippen LogP contribution in [0.1, 0.15) is 37.6 Å². The zero-order valence-electron chi connectivity index (χ0n) is 13.5. The van der Waals surface area contributed by atoms with Gasteiger partial charge in [-0.05, 0) is 31.4 Å². The fourth-order valence-corrected chi connectivity index (χ4v) is 2.37. The summed E-state index contributed by atoms with van der Waals surface area (Å²) in [5.41, 5.74) is 5.90. The first kappa shape index (κ1) is 17.3. The van der Waals surface area contributed by atoms with Gasteiger partial charge in [-0.1, -0.05) is 13.8 Å². The summed E-state index contributed by atoms with van der Waals surface area (Å²) in [6, 6.07) is 5.10. The van der Waals surface area contributed by atoms with Crippen molar-refractivity contribution >= 4 is 5.91 Å². The topological polar surface area (TPSA) is 73.6 Å². The van der Waals surface area contributed by atoms with Gasteiger partial charge in [0.1, 0.15) is 11.5 Å². The maximum atomic E-state index is 12.5. The molecule has 0 bridgehead atoms.